The number of nitrogens with one attached hydrogen (secondary N) is 3. The highest BCUT2D eigenvalue weighted by atomic mass is 19.1. The number of imidazole rings is 1. The molecule has 1 amide bonds. The van der Waals surface area contributed by atoms with Gasteiger partial charge in [-0.25, -0.2) is 19.3 Å². The normalized spacial score (nSPS) is 11.3. The molecule has 0 radical (unpaired) electrons. The fourth-order valence-corrected chi connectivity index (χ4v) is 5.04. The van der Waals surface area contributed by atoms with Crippen LogP contribution < -0.4 is 5.32 Å². The first kappa shape index (κ1) is 25.2. The standard InChI is InChI=1S/C32H23FN8O/c1-18-9-20(12-23(33)10-18)25-7-8-35-31-28(25)38-32(39-31)29-26-14-22(16-36-30(26)41-40-29)21-13-24(17-34-15-21)37-27(42)11-19-5-3-2-4-6-19/h2-10,12-17H,11H2,1H3,(H,37,42)(H,35,38,39)(H,36,40,41). The van der Waals surface area contributed by atoms with Crippen LogP contribution >= 0.6 is 0 Å². The van der Waals surface area contributed by atoms with Gasteiger partial charge in [-0.15, -0.1) is 0 Å². The van der Waals surface area contributed by atoms with Crippen LogP contribution in [0.3, 0.4) is 0 Å². The van der Waals surface area contributed by atoms with E-state index < -0.39 is 0 Å². The van der Waals surface area contributed by atoms with E-state index in [1.165, 1.54) is 12.1 Å². The van der Waals surface area contributed by atoms with Crippen LogP contribution in [0.2, 0.25) is 0 Å². The third-order valence-corrected chi connectivity index (χ3v) is 6.94. The Morgan fingerprint density at radius 2 is 1.76 bits per heavy atom. The number of aromatic nitrogens is 7. The number of anilines is 1. The average molecular weight is 555 g/mol. The summed E-state index contributed by atoms with van der Waals surface area (Å²) in [5, 5.41) is 11.1. The molecule has 0 spiro atoms. The van der Waals surface area contributed by atoms with Gasteiger partial charge in [0.15, 0.2) is 17.1 Å². The Morgan fingerprint density at radius 3 is 2.62 bits per heavy atom. The summed E-state index contributed by atoms with van der Waals surface area (Å²) in [7, 11) is 0. The number of H-pyrrole nitrogens is 2. The monoisotopic (exact) mass is 554 g/mol. The van der Waals surface area contributed by atoms with E-state index in [1.807, 2.05) is 61.5 Å². The van der Waals surface area contributed by atoms with Crippen LogP contribution in [0.5, 0.6) is 0 Å². The topological polar surface area (TPSA) is 125 Å². The number of aryl methyl sites for hydroxylation is 1. The van der Waals surface area contributed by atoms with Gasteiger partial charge in [0.05, 0.1) is 23.7 Å². The molecule has 0 aliphatic rings. The molecule has 5 aromatic heterocycles. The largest absolute Gasteiger partial charge is 0.324 e. The molecule has 7 aromatic rings. The molecule has 42 heavy (non-hydrogen) atoms. The fourth-order valence-electron chi connectivity index (χ4n) is 5.04. The maximum Gasteiger partial charge on any atom is 0.228 e. The van der Waals surface area contributed by atoms with Crippen molar-refractivity contribution in [2.24, 2.45) is 0 Å². The van der Waals surface area contributed by atoms with Gasteiger partial charge in [-0.2, -0.15) is 5.10 Å². The summed E-state index contributed by atoms with van der Waals surface area (Å²) < 4.78 is 14.2. The van der Waals surface area contributed by atoms with Crippen molar-refractivity contribution in [1.29, 1.82) is 0 Å². The molecule has 0 saturated carbocycles. The van der Waals surface area contributed by atoms with Crippen molar-refractivity contribution in [3.63, 3.8) is 0 Å². The molecule has 0 saturated heterocycles. The molecule has 0 bridgehead atoms. The molecule has 7 rings (SSSR count). The first-order valence-corrected chi connectivity index (χ1v) is 13.3. The van der Waals surface area contributed by atoms with E-state index in [9.17, 15) is 9.18 Å². The number of pyridine rings is 3. The van der Waals surface area contributed by atoms with Gasteiger partial charge in [-0.05, 0) is 53.9 Å². The number of aromatic amines is 2. The van der Waals surface area contributed by atoms with Crippen molar-refractivity contribution in [3.05, 3.63) is 108 Å². The Balaban J connectivity index is 1.22. The molecule has 2 aromatic carbocycles. The van der Waals surface area contributed by atoms with E-state index in [1.54, 1.807) is 24.8 Å². The highest BCUT2D eigenvalue weighted by Gasteiger charge is 2.18. The van der Waals surface area contributed by atoms with Crippen LogP contribution in [0.4, 0.5) is 10.1 Å². The van der Waals surface area contributed by atoms with Crippen LogP contribution in [-0.2, 0) is 11.2 Å². The number of nitrogens with zero attached hydrogens (tertiary/aromatic N) is 5. The molecular weight excluding hydrogens is 531 g/mol. The number of hydrogen-bond acceptors (Lipinski definition) is 6. The Labute approximate surface area is 238 Å². The minimum absolute atomic E-state index is 0.128. The molecule has 9 nitrogen and oxygen atoms in total. The zero-order valence-electron chi connectivity index (χ0n) is 22.4. The summed E-state index contributed by atoms with van der Waals surface area (Å²) in [5.74, 6) is 0.0670. The lowest BCUT2D eigenvalue weighted by Gasteiger charge is -2.07. The Hall–Kier alpha value is -5.77. The van der Waals surface area contributed by atoms with Gasteiger partial charge in [0.1, 0.15) is 17.0 Å². The second kappa shape index (κ2) is 10.3. The zero-order valence-corrected chi connectivity index (χ0v) is 22.4. The van der Waals surface area contributed by atoms with Gasteiger partial charge in [-0.1, -0.05) is 36.4 Å². The van der Waals surface area contributed by atoms with Crippen LogP contribution in [-0.4, -0.2) is 41.0 Å². The summed E-state index contributed by atoms with van der Waals surface area (Å²) >= 11 is 0. The predicted octanol–water partition coefficient (Wildman–Crippen LogP) is 6.25. The number of benzene rings is 2. The molecule has 204 valence electrons. The second-order valence-electron chi connectivity index (χ2n) is 10.0. The van der Waals surface area contributed by atoms with E-state index >= 15 is 0 Å². The molecule has 0 atom stereocenters. The number of carbonyl (C=O) groups excluding carboxylic acids is 1. The van der Waals surface area contributed by atoms with Crippen LogP contribution in [0.15, 0.2) is 91.5 Å². The maximum absolute atomic E-state index is 14.2. The van der Waals surface area contributed by atoms with E-state index in [4.69, 9.17) is 4.98 Å². The minimum atomic E-state index is -0.308. The van der Waals surface area contributed by atoms with Crippen molar-refractivity contribution < 1.29 is 9.18 Å². The first-order valence-electron chi connectivity index (χ1n) is 13.3. The summed E-state index contributed by atoms with van der Waals surface area (Å²) in [6.45, 7) is 1.85. The van der Waals surface area contributed by atoms with E-state index in [-0.39, 0.29) is 18.1 Å². The quantitative estimate of drug-likeness (QED) is 0.223. The average Bonchev–Trinajstić information content (AvgIpc) is 3.61. The lowest BCUT2D eigenvalue weighted by atomic mass is 10.0. The lowest BCUT2D eigenvalue weighted by molar-refractivity contribution is -0.115. The molecule has 0 fully saturated rings. The van der Waals surface area contributed by atoms with E-state index in [0.717, 1.165) is 38.8 Å². The number of halogens is 1. The van der Waals surface area contributed by atoms with Gasteiger partial charge in [0.25, 0.3) is 0 Å². The molecule has 0 aliphatic heterocycles. The molecule has 3 N–H and O–H groups in total. The van der Waals surface area contributed by atoms with Gasteiger partial charge in [-0.3, -0.25) is 14.9 Å². The lowest BCUT2D eigenvalue weighted by Crippen LogP contribution is -2.14. The Morgan fingerprint density at radius 1 is 0.905 bits per heavy atom. The number of hydrogen-bond donors (Lipinski definition) is 3. The predicted molar refractivity (Wildman–Crippen MR) is 159 cm³/mol. The fraction of sp³-hybridized carbons (Fsp3) is 0.0625. The highest BCUT2D eigenvalue weighted by molar-refractivity contribution is 5.96. The summed E-state index contributed by atoms with van der Waals surface area (Å²) in [4.78, 5) is 34.0. The summed E-state index contributed by atoms with van der Waals surface area (Å²) in [5.41, 5.74) is 7.72. The minimum Gasteiger partial charge on any atom is -0.324 e. The molecule has 10 heteroatoms. The van der Waals surface area contributed by atoms with Gasteiger partial charge < -0.3 is 10.3 Å². The van der Waals surface area contributed by atoms with E-state index in [0.29, 0.717) is 34.0 Å². The van der Waals surface area contributed by atoms with Crippen LogP contribution in [0, 0.1) is 12.7 Å². The van der Waals surface area contributed by atoms with Crippen molar-refractivity contribution >= 4 is 33.8 Å². The van der Waals surface area contributed by atoms with Crippen molar-refractivity contribution in [2.75, 3.05) is 5.32 Å². The molecular formula is C32H23FN8O. The van der Waals surface area contributed by atoms with Crippen molar-refractivity contribution in [2.45, 2.75) is 13.3 Å². The third-order valence-electron chi connectivity index (χ3n) is 6.94. The van der Waals surface area contributed by atoms with Crippen molar-refractivity contribution in [1.82, 2.24) is 35.1 Å². The number of fused-ring (bicyclic) bond motifs is 2. The smallest absolute Gasteiger partial charge is 0.228 e. The number of rotatable bonds is 6. The van der Waals surface area contributed by atoms with Crippen LogP contribution in [0.1, 0.15) is 11.1 Å². The SMILES string of the molecule is Cc1cc(F)cc(-c2ccnc3[nH]c(-c4n[nH]c5ncc(-c6cncc(NC(=O)Cc7ccccc7)c6)cc45)nc23)c1. The van der Waals surface area contributed by atoms with Gasteiger partial charge in [0.2, 0.25) is 5.91 Å². The Bertz CT molecular complexity index is 2080. The number of carbonyl (C=O) groups is 1. The molecule has 0 unspecified atom stereocenters. The Kier molecular flexibility index (Phi) is 6.20. The van der Waals surface area contributed by atoms with Gasteiger partial charge >= 0.3 is 0 Å². The third kappa shape index (κ3) is 4.86. The molecule has 0 aliphatic carbocycles. The van der Waals surface area contributed by atoms with E-state index in [2.05, 4.69) is 35.5 Å². The van der Waals surface area contributed by atoms with Gasteiger partial charge in [0, 0.05) is 35.3 Å². The summed E-state index contributed by atoms with van der Waals surface area (Å²) in [6.07, 6.45) is 6.99. The number of amides is 1. The second-order valence-corrected chi connectivity index (χ2v) is 10.0. The van der Waals surface area contributed by atoms with Crippen LogP contribution in [0.25, 0.3) is 56.0 Å². The maximum atomic E-state index is 14.2. The molecule has 5 heterocycles. The highest BCUT2D eigenvalue weighted by Crippen LogP contribution is 2.32. The zero-order chi connectivity index (χ0) is 28.6. The first-order chi connectivity index (χ1) is 20.5. The summed E-state index contributed by atoms with van der Waals surface area (Å²) in [6, 6.07) is 20.1. The van der Waals surface area contributed by atoms with Crippen molar-refractivity contribution in [3.8, 4) is 33.8 Å².